The van der Waals surface area contributed by atoms with Crippen molar-refractivity contribution in [2.75, 3.05) is 14.2 Å². The van der Waals surface area contributed by atoms with Gasteiger partial charge in [0.05, 0.1) is 19.6 Å². The van der Waals surface area contributed by atoms with E-state index in [-0.39, 0.29) is 11.5 Å². The van der Waals surface area contributed by atoms with Crippen LogP contribution in [0.5, 0.6) is 17.2 Å². The Morgan fingerprint density at radius 1 is 1.03 bits per heavy atom. The van der Waals surface area contributed by atoms with E-state index in [4.69, 9.17) is 18.6 Å². The standard InChI is InChI=1S/C22H22O7/c1-11-8-15-17(9-12(11)2)29-20(21(19(15)23)28-13(3)22(24)25)14-6-7-16(26-4)18(10-14)27-5/h6-10,13H,1-5H3,(H,24,25). The molecule has 2 aromatic carbocycles. The van der Waals surface area contributed by atoms with Gasteiger partial charge in [0.1, 0.15) is 5.58 Å². The Morgan fingerprint density at radius 3 is 2.31 bits per heavy atom. The molecular weight excluding hydrogens is 376 g/mol. The number of aryl methyl sites for hydroxylation is 2. The van der Waals surface area contributed by atoms with Crippen LogP contribution in [-0.4, -0.2) is 31.4 Å². The highest BCUT2D eigenvalue weighted by Crippen LogP contribution is 2.37. The Labute approximate surface area is 167 Å². The number of hydrogen-bond acceptors (Lipinski definition) is 6. The molecule has 0 saturated heterocycles. The zero-order valence-corrected chi connectivity index (χ0v) is 16.9. The Bertz CT molecular complexity index is 1140. The van der Waals surface area contributed by atoms with E-state index in [1.165, 1.54) is 21.1 Å². The monoisotopic (exact) mass is 398 g/mol. The van der Waals surface area contributed by atoms with Crippen LogP contribution < -0.4 is 19.6 Å². The van der Waals surface area contributed by atoms with Crippen molar-refractivity contribution in [1.82, 2.24) is 0 Å². The van der Waals surface area contributed by atoms with Gasteiger partial charge in [-0.2, -0.15) is 0 Å². The van der Waals surface area contributed by atoms with E-state index in [9.17, 15) is 14.7 Å². The molecular formula is C22H22O7. The quantitative estimate of drug-likeness (QED) is 0.672. The smallest absolute Gasteiger partial charge is 0.344 e. The molecule has 0 aliphatic heterocycles. The molecule has 3 rings (SSSR count). The molecule has 1 aromatic heterocycles. The van der Waals surface area contributed by atoms with E-state index in [1.807, 2.05) is 13.8 Å². The molecule has 1 heterocycles. The van der Waals surface area contributed by atoms with Crippen LogP contribution in [0.4, 0.5) is 0 Å². The van der Waals surface area contributed by atoms with Gasteiger partial charge in [-0.15, -0.1) is 0 Å². The number of hydrogen-bond donors (Lipinski definition) is 1. The topological polar surface area (TPSA) is 95.2 Å². The fourth-order valence-corrected chi connectivity index (χ4v) is 2.94. The summed E-state index contributed by atoms with van der Waals surface area (Å²) in [6.45, 7) is 5.16. The van der Waals surface area contributed by atoms with Crippen molar-refractivity contribution in [2.45, 2.75) is 26.9 Å². The molecule has 0 amide bonds. The molecule has 0 saturated carbocycles. The third-order valence-corrected chi connectivity index (χ3v) is 4.75. The summed E-state index contributed by atoms with van der Waals surface area (Å²) in [6, 6.07) is 8.49. The minimum atomic E-state index is -1.24. The van der Waals surface area contributed by atoms with Crippen LogP contribution in [0.25, 0.3) is 22.3 Å². The zero-order chi connectivity index (χ0) is 21.3. The van der Waals surface area contributed by atoms with E-state index < -0.39 is 17.5 Å². The Kier molecular flexibility index (Phi) is 5.50. The van der Waals surface area contributed by atoms with Crippen molar-refractivity contribution in [3.05, 3.63) is 51.7 Å². The molecule has 0 aliphatic rings. The second-order valence-corrected chi connectivity index (χ2v) is 6.69. The van der Waals surface area contributed by atoms with Gasteiger partial charge in [0.2, 0.25) is 11.2 Å². The molecule has 0 bridgehead atoms. The summed E-state index contributed by atoms with van der Waals surface area (Å²) in [6.07, 6.45) is -1.24. The maximum Gasteiger partial charge on any atom is 0.344 e. The van der Waals surface area contributed by atoms with Gasteiger partial charge in [0, 0.05) is 5.56 Å². The molecule has 7 heteroatoms. The third-order valence-electron chi connectivity index (χ3n) is 4.75. The number of carboxylic acid groups (broad SMARTS) is 1. The van der Waals surface area contributed by atoms with Crippen LogP contribution >= 0.6 is 0 Å². The first-order valence-corrected chi connectivity index (χ1v) is 8.96. The van der Waals surface area contributed by atoms with Gasteiger partial charge in [0.15, 0.2) is 23.4 Å². The number of carbonyl (C=O) groups is 1. The third kappa shape index (κ3) is 3.76. The van der Waals surface area contributed by atoms with Gasteiger partial charge >= 0.3 is 5.97 Å². The molecule has 1 atom stereocenters. The van der Waals surface area contributed by atoms with Crippen molar-refractivity contribution in [2.24, 2.45) is 0 Å². The summed E-state index contributed by atoms with van der Waals surface area (Å²) >= 11 is 0. The van der Waals surface area contributed by atoms with E-state index in [0.717, 1.165) is 11.1 Å². The predicted octanol–water partition coefficient (Wildman–Crippen LogP) is 3.95. The minimum Gasteiger partial charge on any atom is -0.493 e. The van der Waals surface area contributed by atoms with Crippen molar-refractivity contribution >= 4 is 16.9 Å². The van der Waals surface area contributed by atoms with Crippen molar-refractivity contribution < 1.29 is 28.5 Å². The molecule has 152 valence electrons. The second-order valence-electron chi connectivity index (χ2n) is 6.69. The van der Waals surface area contributed by atoms with Crippen LogP contribution in [-0.2, 0) is 4.79 Å². The first-order chi connectivity index (χ1) is 13.8. The SMILES string of the molecule is COc1ccc(-c2oc3cc(C)c(C)cc3c(=O)c2OC(C)C(=O)O)cc1OC. The molecule has 0 spiro atoms. The molecule has 1 N–H and O–H groups in total. The second kappa shape index (κ2) is 7.87. The predicted molar refractivity (Wildman–Crippen MR) is 108 cm³/mol. The van der Waals surface area contributed by atoms with E-state index in [2.05, 4.69) is 0 Å². The summed E-state index contributed by atoms with van der Waals surface area (Å²) in [4.78, 5) is 24.5. The van der Waals surface area contributed by atoms with Crippen molar-refractivity contribution in [3.63, 3.8) is 0 Å². The van der Waals surface area contributed by atoms with Crippen molar-refractivity contribution in [1.29, 1.82) is 0 Å². The summed E-state index contributed by atoms with van der Waals surface area (Å²) in [7, 11) is 3.01. The Hall–Kier alpha value is -3.48. The average molecular weight is 398 g/mol. The maximum atomic E-state index is 13.2. The number of rotatable bonds is 6. The highest BCUT2D eigenvalue weighted by atomic mass is 16.5. The molecule has 3 aromatic rings. The minimum absolute atomic E-state index is 0.125. The highest BCUT2D eigenvalue weighted by molar-refractivity contribution is 5.84. The van der Waals surface area contributed by atoms with Gasteiger partial charge in [-0.3, -0.25) is 4.79 Å². The molecule has 0 aliphatic carbocycles. The number of carboxylic acids is 1. The number of fused-ring (bicyclic) bond motifs is 1. The molecule has 1 unspecified atom stereocenters. The van der Waals surface area contributed by atoms with Gasteiger partial charge in [-0.1, -0.05) is 0 Å². The Balaban J connectivity index is 2.32. The summed E-state index contributed by atoms with van der Waals surface area (Å²) in [5.74, 6) is -0.289. The van der Waals surface area contributed by atoms with Gasteiger partial charge in [0.25, 0.3) is 0 Å². The highest BCUT2D eigenvalue weighted by Gasteiger charge is 2.23. The van der Waals surface area contributed by atoms with Crippen molar-refractivity contribution in [3.8, 4) is 28.6 Å². The number of ether oxygens (including phenoxy) is 3. The lowest BCUT2D eigenvalue weighted by Crippen LogP contribution is -2.26. The average Bonchev–Trinajstić information content (AvgIpc) is 2.70. The number of benzene rings is 2. The van der Waals surface area contributed by atoms with Crippen LogP contribution in [0.1, 0.15) is 18.1 Å². The molecule has 0 radical (unpaired) electrons. The van der Waals surface area contributed by atoms with Gasteiger partial charge < -0.3 is 23.7 Å². The van der Waals surface area contributed by atoms with Crippen LogP contribution in [0.2, 0.25) is 0 Å². The molecule has 7 nitrogen and oxygen atoms in total. The number of methoxy groups -OCH3 is 2. The summed E-state index contributed by atoms with van der Waals surface area (Å²) < 4.78 is 22.1. The Morgan fingerprint density at radius 2 is 1.69 bits per heavy atom. The van der Waals surface area contributed by atoms with E-state index in [0.29, 0.717) is 28.0 Å². The number of aliphatic carboxylic acids is 1. The van der Waals surface area contributed by atoms with Crippen LogP contribution in [0, 0.1) is 13.8 Å². The van der Waals surface area contributed by atoms with Crippen LogP contribution in [0.15, 0.2) is 39.5 Å². The fourth-order valence-electron chi connectivity index (χ4n) is 2.94. The largest absolute Gasteiger partial charge is 0.493 e. The molecule has 0 fully saturated rings. The normalized spacial score (nSPS) is 11.9. The molecule has 29 heavy (non-hydrogen) atoms. The summed E-state index contributed by atoms with van der Waals surface area (Å²) in [5, 5.41) is 9.57. The lowest BCUT2D eigenvalue weighted by molar-refractivity contribution is -0.144. The van der Waals surface area contributed by atoms with Crippen LogP contribution in [0.3, 0.4) is 0 Å². The first-order valence-electron chi connectivity index (χ1n) is 8.96. The first kappa shape index (κ1) is 20.3. The summed E-state index contributed by atoms with van der Waals surface area (Å²) in [5.41, 5.74) is 2.32. The van der Waals surface area contributed by atoms with Gasteiger partial charge in [-0.25, -0.2) is 4.79 Å². The van der Waals surface area contributed by atoms with E-state index in [1.54, 1.807) is 30.3 Å². The lowest BCUT2D eigenvalue weighted by Gasteiger charge is -2.16. The maximum absolute atomic E-state index is 13.2. The van der Waals surface area contributed by atoms with Gasteiger partial charge in [-0.05, 0) is 62.2 Å². The lowest BCUT2D eigenvalue weighted by atomic mass is 10.0. The zero-order valence-electron chi connectivity index (χ0n) is 16.9. The van der Waals surface area contributed by atoms with E-state index >= 15 is 0 Å². The fraction of sp³-hybridized carbons (Fsp3) is 0.273.